The van der Waals surface area contributed by atoms with Crippen LogP contribution < -0.4 is 10.2 Å². The highest BCUT2D eigenvalue weighted by Gasteiger charge is 2.21. The second-order valence-corrected chi connectivity index (χ2v) is 6.23. The van der Waals surface area contributed by atoms with Crippen molar-refractivity contribution in [1.82, 2.24) is 15.3 Å². The molecule has 0 unspecified atom stereocenters. The summed E-state index contributed by atoms with van der Waals surface area (Å²) in [6, 6.07) is 12.2. The van der Waals surface area contributed by atoms with E-state index in [1.807, 2.05) is 24.3 Å². The molecule has 0 aliphatic carbocycles. The first-order valence-electron chi connectivity index (χ1n) is 8.84. The van der Waals surface area contributed by atoms with Crippen LogP contribution in [0.3, 0.4) is 0 Å². The Labute approximate surface area is 148 Å². The van der Waals surface area contributed by atoms with Crippen LogP contribution in [0.1, 0.15) is 31.2 Å². The Morgan fingerprint density at radius 3 is 2.56 bits per heavy atom. The van der Waals surface area contributed by atoms with E-state index < -0.39 is 0 Å². The van der Waals surface area contributed by atoms with Gasteiger partial charge in [0.05, 0.1) is 0 Å². The number of carbonyl (C=O) groups is 1. The standard InChI is InChI=1S/C20H24N4O/c25-19(10-5-4-9-17-7-2-1-3-8-17)23-18-11-15-24(16-12-18)20-21-13-6-14-22-20/h1-4,6-9,13-14,18H,5,10-12,15-16H2,(H,23,25)/b9-4-. The van der Waals surface area contributed by atoms with Crippen LogP contribution in [0.4, 0.5) is 5.95 Å². The molecular weight excluding hydrogens is 312 g/mol. The topological polar surface area (TPSA) is 58.1 Å². The number of anilines is 1. The van der Waals surface area contributed by atoms with Crippen LogP contribution in [0.25, 0.3) is 6.08 Å². The van der Waals surface area contributed by atoms with Crippen LogP contribution in [0.2, 0.25) is 0 Å². The van der Waals surface area contributed by atoms with E-state index in [4.69, 9.17) is 0 Å². The Kier molecular flexibility index (Phi) is 6.15. The van der Waals surface area contributed by atoms with Crippen molar-refractivity contribution in [3.63, 3.8) is 0 Å². The zero-order chi connectivity index (χ0) is 17.3. The van der Waals surface area contributed by atoms with Crippen molar-refractivity contribution in [1.29, 1.82) is 0 Å². The van der Waals surface area contributed by atoms with Gasteiger partial charge in [0.1, 0.15) is 0 Å². The minimum Gasteiger partial charge on any atom is -0.353 e. The second kappa shape index (κ2) is 8.97. The van der Waals surface area contributed by atoms with Crippen LogP contribution in [0, 0.1) is 0 Å². The number of hydrogen-bond acceptors (Lipinski definition) is 4. The van der Waals surface area contributed by atoms with E-state index in [9.17, 15) is 4.79 Å². The molecule has 0 radical (unpaired) electrons. The third-order valence-corrected chi connectivity index (χ3v) is 4.34. The number of nitrogens with one attached hydrogen (secondary N) is 1. The quantitative estimate of drug-likeness (QED) is 0.881. The molecule has 1 aromatic carbocycles. The first-order valence-corrected chi connectivity index (χ1v) is 8.84. The molecule has 3 rings (SSSR count). The van der Waals surface area contributed by atoms with Gasteiger partial charge in [-0.1, -0.05) is 42.5 Å². The van der Waals surface area contributed by atoms with Gasteiger partial charge in [0.25, 0.3) is 0 Å². The smallest absolute Gasteiger partial charge is 0.225 e. The number of benzene rings is 1. The molecule has 1 saturated heterocycles. The van der Waals surface area contributed by atoms with Gasteiger partial charge in [-0.2, -0.15) is 0 Å². The molecule has 1 aliphatic rings. The molecule has 2 aromatic rings. The van der Waals surface area contributed by atoms with Crippen LogP contribution >= 0.6 is 0 Å². The fraction of sp³-hybridized carbons (Fsp3) is 0.350. The Morgan fingerprint density at radius 1 is 1.12 bits per heavy atom. The average molecular weight is 336 g/mol. The number of nitrogens with zero attached hydrogens (tertiary/aromatic N) is 3. The second-order valence-electron chi connectivity index (χ2n) is 6.23. The van der Waals surface area contributed by atoms with Gasteiger partial charge in [0.2, 0.25) is 11.9 Å². The molecule has 5 heteroatoms. The Bertz CT molecular complexity index is 679. The van der Waals surface area contributed by atoms with Gasteiger partial charge in [-0.15, -0.1) is 0 Å². The van der Waals surface area contributed by atoms with Crippen LogP contribution in [0.5, 0.6) is 0 Å². The number of piperidine rings is 1. The van der Waals surface area contributed by atoms with Crippen molar-refractivity contribution in [2.75, 3.05) is 18.0 Å². The SMILES string of the molecule is O=C(CC/C=C\c1ccccc1)NC1CCN(c2ncccn2)CC1. The molecular formula is C20H24N4O. The molecule has 25 heavy (non-hydrogen) atoms. The molecule has 1 amide bonds. The zero-order valence-electron chi connectivity index (χ0n) is 14.3. The van der Waals surface area contributed by atoms with Crippen LogP contribution in [-0.4, -0.2) is 35.0 Å². The average Bonchev–Trinajstić information content (AvgIpc) is 2.67. The van der Waals surface area contributed by atoms with Gasteiger partial charge in [0.15, 0.2) is 0 Å². The highest BCUT2D eigenvalue weighted by molar-refractivity contribution is 5.76. The lowest BCUT2D eigenvalue weighted by Gasteiger charge is -2.32. The number of carbonyl (C=O) groups excluding carboxylic acids is 1. The Hall–Kier alpha value is -2.69. The summed E-state index contributed by atoms with van der Waals surface area (Å²) >= 11 is 0. The monoisotopic (exact) mass is 336 g/mol. The summed E-state index contributed by atoms with van der Waals surface area (Å²) in [5, 5.41) is 3.15. The normalized spacial score (nSPS) is 15.4. The van der Waals surface area contributed by atoms with Gasteiger partial charge in [-0.3, -0.25) is 4.79 Å². The zero-order valence-corrected chi connectivity index (χ0v) is 14.3. The largest absolute Gasteiger partial charge is 0.353 e. The number of amides is 1. The van der Waals surface area contributed by atoms with E-state index in [0.29, 0.717) is 6.42 Å². The van der Waals surface area contributed by atoms with Crippen molar-refractivity contribution in [2.24, 2.45) is 0 Å². The maximum atomic E-state index is 12.1. The van der Waals surface area contributed by atoms with Gasteiger partial charge in [-0.25, -0.2) is 9.97 Å². The third kappa shape index (κ3) is 5.41. The van der Waals surface area contributed by atoms with Crippen LogP contribution in [0.15, 0.2) is 54.9 Å². The summed E-state index contributed by atoms with van der Waals surface area (Å²) in [4.78, 5) is 22.8. The molecule has 0 saturated carbocycles. The predicted octanol–water partition coefficient (Wildman–Crippen LogP) is 3.06. The fourth-order valence-electron chi connectivity index (χ4n) is 2.98. The van der Waals surface area contributed by atoms with Crippen molar-refractivity contribution < 1.29 is 4.79 Å². The van der Waals surface area contributed by atoms with E-state index in [2.05, 4.69) is 44.5 Å². The van der Waals surface area contributed by atoms with E-state index in [1.165, 1.54) is 5.56 Å². The van der Waals surface area contributed by atoms with Gasteiger partial charge in [0, 0.05) is 37.9 Å². The molecule has 5 nitrogen and oxygen atoms in total. The molecule has 0 bridgehead atoms. The van der Waals surface area contributed by atoms with E-state index in [1.54, 1.807) is 12.4 Å². The number of allylic oxidation sites excluding steroid dienone is 1. The summed E-state index contributed by atoms with van der Waals surface area (Å²) in [7, 11) is 0. The molecule has 0 spiro atoms. The van der Waals surface area contributed by atoms with E-state index >= 15 is 0 Å². The summed E-state index contributed by atoms with van der Waals surface area (Å²) in [6.45, 7) is 1.76. The Balaban J connectivity index is 1.36. The lowest BCUT2D eigenvalue weighted by atomic mass is 10.0. The number of rotatable bonds is 6. The maximum absolute atomic E-state index is 12.1. The predicted molar refractivity (Wildman–Crippen MR) is 100 cm³/mol. The molecule has 1 fully saturated rings. The van der Waals surface area contributed by atoms with Crippen LogP contribution in [-0.2, 0) is 4.79 Å². The summed E-state index contributed by atoms with van der Waals surface area (Å²) in [6.07, 6.45) is 10.8. The number of hydrogen-bond donors (Lipinski definition) is 1. The molecule has 2 heterocycles. The molecule has 130 valence electrons. The molecule has 1 aliphatic heterocycles. The number of aromatic nitrogens is 2. The highest BCUT2D eigenvalue weighted by atomic mass is 16.1. The molecule has 0 atom stereocenters. The van der Waals surface area contributed by atoms with Gasteiger partial charge >= 0.3 is 0 Å². The van der Waals surface area contributed by atoms with Gasteiger partial charge in [-0.05, 0) is 30.9 Å². The fourth-order valence-corrected chi connectivity index (χ4v) is 2.98. The lowest BCUT2D eigenvalue weighted by molar-refractivity contribution is -0.121. The first kappa shape index (κ1) is 17.1. The summed E-state index contributed by atoms with van der Waals surface area (Å²) in [5.41, 5.74) is 1.17. The van der Waals surface area contributed by atoms with Crippen molar-refractivity contribution >= 4 is 17.9 Å². The van der Waals surface area contributed by atoms with Crippen molar-refractivity contribution in [2.45, 2.75) is 31.7 Å². The summed E-state index contributed by atoms with van der Waals surface area (Å²) < 4.78 is 0. The highest BCUT2D eigenvalue weighted by Crippen LogP contribution is 2.15. The Morgan fingerprint density at radius 2 is 1.84 bits per heavy atom. The molecule has 1 aromatic heterocycles. The maximum Gasteiger partial charge on any atom is 0.225 e. The summed E-state index contributed by atoms with van der Waals surface area (Å²) in [5.74, 6) is 0.908. The van der Waals surface area contributed by atoms with E-state index in [-0.39, 0.29) is 11.9 Å². The third-order valence-electron chi connectivity index (χ3n) is 4.34. The first-order chi connectivity index (χ1) is 12.3. The minimum absolute atomic E-state index is 0.132. The van der Waals surface area contributed by atoms with Crippen molar-refractivity contribution in [3.05, 3.63) is 60.4 Å². The minimum atomic E-state index is 0.132. The van der Waals surface area contributed by atoms with Gasteiger partial charge < -0.3 is 10.2 Å². The van der Waals surface area contributed by atoms with E-state index in [0.717, 1.165) is 38.3 Å². The van der Waals surface area contributed by atoms with Crippen molar-refractivity contribution in [3.8, 4) is 0 Å². The molecule has 1 N–H and O–H groups in total. The lowest BCUT2D eigenvalue weighted by Crippen LogP contribution is -2.45.